The second-order valence-corrected chi connectivity index (χ2v) is 7.22. The minimum Gasteiger partial charge on any atom is -0.497 e. The van der Waals surface area contributed by atoms with Crippen molar-refractivity contribution in [2.75, 3.05) is 19.5 Å². The summed E-state index contributed by atoms with van der Waals surface area (Å²) in [5.41, 5.74) is 3.95. The molecule has 1 aliphatic carbocycles. The number of ether oxygens (including phenoxy) is 2. The van der Waals surface area contributed by atoms with Crippen LogP contribution in [0.4, 0.5) is 5.82 Å². The maximum Gasteiger partial charge on any atom is 0.139 e. The number of anilines is 1. The summed E-state index contributed by atoms with van der Waals surface area (Å²) in [4.78, 5) is 4.96. The Labute approximate surface area is 160 Å². The molecule has 2 aromatic heterocycles. The van der Waals surface area contributed by atoms with Crippen molar-refractivity contribution in [3.05, 3.63) is 42.1 Å². The number of rotatable bonds is 5. The molecular formula is C22H27N3O2. The third-order valence-corrected chi connectivity index (χ3v) is 5.45. The van der Waals surface area contributed by atoms with Crippen molar-refractivity contribution < 1.29 is 9.47 Å². The number of fused-ring (bicyclic) bond motifs is 1. The molecule has 2 heterocycles. The number of aromatic nitrogens is 2. The SMILES string of the molecule is COc1ccc(OC)c(-c2nc3cccc(C)n3c2NC2CCCCC2)c1. The molecule has 0 saturated heterocycles. The minimum atomic E-state index is 0.480. The average Bonchev–Trinajstić information content (AvgIpc) is 3.07. The van der Waals surface area contributed by atoms with E-state index in [0.29, 0.717) is 6.04 Å². The van der Waals surface area contributed by atoms with E-state index in [9.17, 15) is 0 Å². The topological polar surface area (TPSA) is 47.8 Å². The summed E-state index contributed by atoms with van der Waals surface area (Å²) < 4.78 is 13.3. The molecule has 0 unspecified atom stereocenters. The Bertz CT molecular complexity index is 942. The number of aryl methyl sites for hydroxylation is 1. The van der Waals surface area contributed by atoms with E-state index in [0.717, 1.165) is 39.9 Å². The summed E-state index contributed by atoms with van der Waals surface area (Å²) in [6.07, 6.45) is 6.30. The zero-order valence-electron chi connectivity index (χ0n) is 16.3. The predicted molar refractivity (Wildman–Crippen MR) is 109 cm³/mol. The highest BCUT2D eigenvalue weighted by Crippen LogP contribution is 2.39. The van der Waals surface area contributed by atoms with Gasteiger partial charge >= 0.3 is 0 Å². The fourth-order valence-electron chi connectivity index (χ4n) is 4.01. The highest BCUT2D eigenvalue weighted by atomic mass is 16.5. The van der Waals surface area contributed by atoms with Gasteiger partial charge in [0.15, 0.2) is 0 Å². The van der Waals surface area contributed by atoms with Crippen LogP contribution in [-0.4, -0.2) is 29.6 Å². The molecule has 0 spiro atoms. The first kappa shape index (κ1) is 17.7. The number of methoxy groups -OCH3 is 2. The predicted octanol–water partition coefficient (Wildman–Crippen LogP) is 5.07. The molecule has 1 aliphatic rings. The largest absolute Gasteiger partial charge is 0.497 e. The lowest BCUT2D eigenvalue weighted by atomic mass is 9.95. The maximum absolute atomic E-state index is 5.64. The molecule has 0 aliphatic heterocycles. The van der Waals surface area contributed by atoms with Crippen LogP contribution in [0.1, 0.15) is 37.8 Å². The molecule has 0 atom stereocenters. The Morgan fingerprint density at radius 2 is 1.85 bits per heavy atom. The number of nitrogens with zero attached hydrogens (tertiary/aromatic N) is 2. The number of imidazole rings is 1. The van der Waals surface area contributed by atoms with Gasteiger partial charge in [-0.2, -0.15) is 0 Å². The number of nitrogens with one attached hydrogen (secondary N) is 1. The maximum atomic E-state index is 5.64. The van der Waals surface area contributed by atoms with Gasteiger partial charge < -0.3 is 14.8 Å². The van der Waals surface area contributed by atoms with E-state index in [4.69, 9.17) is 14.5 Å². The number of hydrogen-bond donors (Lipinski definition) is 1. The van der Waals surface area contributed by atoms with Crippen LogP contribution in [0.5, 0.6) is 11.5 Å². The Morgan fingerprint density at radius 1 is 1.04 bits per heavy atom. The lowest BCUT2D eigenvalue weighted by molar-refractivity contribution is 0.404. The molecule has 1 fully saturated rings. The van der Waals surface area contributed by atoms with Gasteiger partial charge in [-0.25, -0.2) is 4.98 Å². The van der Waals surface area contributed by atoms with E-state index in [2.05, 4.69) is 34.8 Å². The molecule has 3 aromatic rings. The Morgan fingerprint density at radius 3 is 2.59 bits per heavy atom. The van der Waals surface area contributed by atoms with Gasteiger partial charge in [0.2, 0.25) is 0 Å². The second-order valence-electron chi connectivity index (χ2n) is 7.22. The summed E-state index contributed by atoms with van der Waals surface area (Å²) in [5.74, 6) is 2.63. The molecule has 1 aromatic carbocycles. The molecule has 1 N–H and O–H groups in total. The van der Waals surface area contributed by atoms with E-state index in [-0.39, 0.29) is 0 Å². The molecule has 27 heavy (non-hydrogen) atoms. The molecule has 142 valence electrons. The normalized spacial score (nSPS) is 15.1. The summed E-state index contributed by atoms with van der Waals surface area (Å²) in [5, 5.41) is 3.80. The van der Waals surface area contributed by atoms with Gasteiger partial charge in [0.1, 0.15) is 28.7 Å². The van der Waals surface area contributed by atoms with Crippen LogP contribution in [0.25, 0.3) is 16.9 Å². The van der Waals surface area contributed by atoms with Crippen LogP contribution < -0.4 is 14.8 Å². The molecule has 1 saturated carbocycles. The van der Waals surface area contributed by atoms with Crippen molar-refractivity contribution in [3.8, 4) is 22.8 Å². The van der Waals surface area contributed by atoms with Crippen LogP contribution in [0.15, 0.2) is 36.4 Å². The van der Waals surface area contributed by atoms with Gasteiger partial charge in [-0.3, -0.25) is 4.40 Å². The fourth-order valence-corrected chi connectivity index (χ4v) is 4.01. The van der Waals surface area contributed by atoms with Crippen molar-refractivity contribution in [2.24, 2.45) is 0 Å². The van der Waals surface area contributed by atoms with Crippen LogP contribution in [-0.2, 0) is 0 Å². The Hall–Kier alpha value is -2.69. The summed E-state index contributed by atoms with van der Waals surface area (Å²) in [7, 11) is 3.38. The first-order valence-corrected chi connectivity index (χ1v) is 9.68. The van der Waals surface area contributed by atoms with Crippen LogP contribution in [0.2, 0.25) is 0 Å². The summed E-state index contributed by atoms with van der Waals surface area (Å²) in [6.45, 7) is 2.12. The summed E-state index contributed by atoms with van der Waals surface area (Å²) >= 11 is 0. The van der Waals surface area contributed by atoms with Crippen LogP contribution in [0, 0.1) is 6.92 Å². The molecule has 0 amide bonds. The molecule has 4 rings (SSSR count). The van der Waals surface area contributed by atoms with Crippen molar-refractivity contribution in [2.45, 2.75) is 45.1 Å². The van der Waals surface area contributed by atoms with E-state index < -0.39 is 0 Å². The first-order valence-electron chi connectivity index (χ1n) is 9.68. The van der Waals surface area contributed by atoms with E-state index >= 15 is 0 Å². The van der Waals surface area contributed by atoms with Crippen molar-refractivity contribution in [3.63, 3.8) is 0 Å². The van der Waals surface area contributed by atoms with Crippen LogP contribution in [0.3, 0.4) is 0 Å². The number of pyridine rings is 1. The van der Waals surface area contributed by atoms with Gasteiger partial charge in [-0.1, -0.05) is 25.3 Å². The molecule has 0 bridgehead atoms. The lowest BCUT2D eigenvalue weighted by Gasteiger charge is -2.24. The number of hydrogen-bond acceptors (Lipinski definition) is 4. The Kier molecular flexibility index (Phi) is 4.92. The van der Waals surface area contributed by atoms with Crippen LogP contribution >= 0.6 is 0 Å². The van der Waals surface area contributed by atoms with Crippen molar-refractivity contribution in [1.82, 2.24) is 9.38 Å². The molecule has 0 radical (unpaired) electrons. The summed E-state index contributed by atoms with van der Waals surface area (Å²) in [6, 6.07) is 12.6. The highest BCUT2D eigenvalue weighted by molar-refractivity contribution is 5.81. The van der Waals surface area contributed by atoms with Gasteiger partial charge in [0.05, 0.1) is 14.2 Å². The van der Waals surface area contributed by atoms with Gasteiger partial charge in [-0.05, 0) is 50.1 Å². The lowest BCUT2D eigenvalue weighted by Crippen LogP contribution is -2.23. The monoisotopic (exact) mass is 365 g/mol. The fraction of sp³-hybridized carbons (Fsp3) is 0.409. The minimum absolute atomic E-state index is 0.480. The standard InChI is InChI=1S/C22H27N3O2/c1-15-8-7-11-20-24-21(18-14-17(26-2)12-13-19(18)27-3)22(25(15)20)23-16-9-5-4-6-10-16/h7-8,11-14,16,23H,4-6,9-10H2,1-3H3. The third-order valence-electron chi connectivity index (χ3n) is 5.45. The zero-order chi connectivity index (χ0) is 18.8. The average molecular weight is 365 g/mol. The third kappa shape index (κ3) is 3.34. The zero-order valence-corrected chi connectivity index (χ0v) is 16.3. The second kappa shape index (κ2) is 7.51. The molecule has 5 heteroatoms. The smallest absolute Gasteiger partial charge is 0.139 e. The highest BCUT2D eigenvalue weighted by Gasteiger charge is 2.22. The van der Waals surface area contributed by atoms with E-state index in [1.54, 1.807) is 14.2 Å². The van der Waals surface area contributed by atoms with E-state index in [1.807, 2.05) is 18.2 Å². The quantitative estimate of drug-likeness (QED) is 0.686. The Balaban J connectivity index is 1.89. The molecular weight excluding hydrogens is 338 g/mol. The van der Waals surface area contributed by atoms with Crippen molar-refractivity contribution >= 4 is 11.5 Å². The van der Waals surface area contributed by atoms with E-state index in [1.165, 1.54) is 32.1 Å². The van der Waals surface area contributed by atoms with Gasteiger partial charge in [-0.15, -0.1) is 0 Å². The number of benzene rings is 1. The van der Waals surface area contributed by atoms with Gasteiger partial charge in [0, 0.05) is 17.3 Å². The first-order chi connectivity index (χ1) is 13.2. The van der Waals surface area contributed by atoms with Gasteiger partial charge in [0.25, 0.3) is 0 Å². The van der Waals surface area contributed by atoms with Crippen molar-refractivity contribution in [1.29, 1.82) is 0 Å². The molecule has 5 nitrogen and oxygen atoms in total.